The van der Waals surface area contributed by atoms with Crippen LogP contribution in [0.5, 0.6) is 0 Å². The number of dihydropyridines is 1. The van der Waals surface area contributed by atoms with E-state index in [-0.39, 0.29) is 22.9 Å². The van der Waals surface area contributed by atoms with Crippen LogP contribution < -0.4 is 5.32 Å². The van der Waals surface area contributed by atoms with Crippen molar-refractivity contribution < 1.29 is 9.59 Å². The Labute approximate surface area is 136 Å². The third-order valence-electron chi connectivity index (χ3n) is 4.60. The summed E-state index contributed by atoms with van der Waals surface area (Å²) in [6.07, 6.45) is 3.02. The van der Waals surface area contributed by atoms with Gasteiger partial charge in [0.1, 0.15) is 0 Å². The number of rotatable bonds is 2. The second kappa shape index (κ2) is 5.44. The molecule has 1 atom stereocenters. The fourth-order valence-electron chi connectivity index (χ4n) is 3.75. The van der Waals surface area contributed by atoms with E-state index in [1.165, 1.54) is 0 Å². The SMILES string of the molecule is CC(=O)C1=C(C)NC2=C(C(=O)CC(C)(C)C2)C1c1ccccn1. The molecule has 1 unspecified atom stereocenters. The number of allylic oxidation sites excluding steroid dienone is 4. The van der Waals surface area contributed by atoms with Gasteiger partial charge < -0.3 is 5.32 Å². The predicted octanol–water partition coefficient (Wildman–Crippen LogP) is 3.27. The van der Waals surface area contributed by atoms with E-state index in [1.54, 1.807) is 13.1 Å². The topological polar surface area (TPSA) is 59.1 Å². The van der Waals surface area contributed by atoms with E-state index < -0.39 is 0 Å². The monoisotopic (exact) mass is 310 g/mol. The highest BCUT2D eigenvalue weighted by Gasteiger charge is 2.42. The summed E-state index contributed by atoms with van der Waals surface area (Å²) < 4.78 is 0. The van der Waals surface area contributed by atoms with Crippen molar-refractivity contribution in [3.63, 3.8) is 0 Å². The minimum Gasteiger partial charge on any atom is -0.362 e. The van der Waals surface area contributed by atoms with Gasteiger partial charge in [-0.3, -0.25) is 14.6 Å². The molecule has 4 nitrogen and oxygen atoms in total. The number of carbonyl (C=O) groups excluding carboxylic acids is 2. The van der Waals surface area contributed by atoms with Crippen molar-refractivity contribution in [2.45, 2.75) is 46.5 Å². The van der Waals surface area contributed by atoms with Crippen molar-refractivity contribution in [3.8, 4) is 0 Å². The van der Waals surface area contributed by atoms with Crippen LogP contribution in [-0.4, -0.2) is 16.6 Å². The minimum absolute atomic E-state index is 0.0187. The second-order valence-corrected chi connectivity index (χ2v) is 7.24. The highest BCUT2D eigenvalue weighted by Crippen LogP contribution is 2.46. The Morgan fingerprint density at radius 2 is 2.04 bits per heavy atom. The maximum atomic E-state index is 12.8. The molecule has 0 radical (unpaired) electrons. The normalized spacial score (nSPS) is 23.5. The molecular formula is C19H22N2O2. The summed E-state index contributed by atoms with van der Waals surface area (Å²) in [5, 5.41) is 3.33. The van der Waals surface area contributed by atoms with Crippen LogP contribution in [-0.2, 0) is 9.59 Å². The third kappa shape index (κ3) is 2.74. The van der Waals surface area contributed by atoms with Crippen molar-refractivity contribution in [1.29, 1.82) is 0 Å². The lowest BCUT2D eigenvalue weighted by molar-refractivity contribution is -0.118. The molecule has 23 heavy (non-hydrogen) atoms. The minimum atomic E-state index is -0.353. The van der Waals surface area contributed by atoms with E-state index in [9.17, 15) is 9.59 Å². The Morgan fingerprint density at radius 1 is 1.30 bits per heavy atom. The lowest BCUT2D eigenvalue weighted by Crippen LogP contribution is -2.38. The first-order valence-electron chi connectivity index (χ1n) is 7.96. The van der Waals surface area contributed by atoms with Crippen molar-refractivity contribution in [3.05, 3.63) is 52.6 Å². The summed E-state index contributed by atoms with van der Waals surface area (Å²) in [7, 11) is 0. The number of hydrogen-bond acceptors (Lipinski definition) is 4. The molecule has 0 aromatic carbocycles. The van der Waals surface area contributed by atoms with Gasteiger partial charge in [0.15, 0.2) is 11.6 Å². The highest BCUT2D eigenvalue weighted by molar-refractivity contribution is 6.05. The molecular weight excluding hydrogens is 288 g/mol. The van der Waals surface area contributed by atoms with Crippen LogP contribution in [0.1, 0.15) is 52.1 Å². The number of aromatic nitrogens is 1. The third-order valence-corrected chi connectivity index (χ3v) is 4.60. The fraction of sp³-hybridized carbons (Fsp3) is 0.421. The molecule has 2 heterocycles. The number of hydrogen-bond donors (Lipinski definition) is 1. The average Bonchev–Trinajstić information content (AvgIpc) is 2.44. The van der Waals surface area contributed by atoms with Gasteiger partial charge in [0.2, 0.25) is 0 Å². The van der Waals surface area contributed by atoms with E-state index in [0.29, 0.717) is 12.0 Å². The summed E-state index contributed by atoms with van der Waals surface area (Å²) >= 11 is 0. The summed E-state index contributed by atoms with van der Waals surface area (Å²) in [4.78, 5) is 29.5. The average molecular weight is 310 g/mol. The standard InChI is InChI=1S/C19H22N2O2/c1-11-16(12(2)22)18(13-7-5-6-8-20-13)17-14(21-11)9-19(3,4)10-15(17)23/h5-8,18,21H,9-10H2,1-4H3. The Kier molecular flexibility index (Phi) is 3.71. The maximum absolute atomic E-state index is 12.8. The molecule has 1 aliphatic heterocycles. The summed E-state index contributed by atoms with van der Waals surface area (Å²) in [6, 6.07) is 5.63. The van der Waals surface area contributed by atoms with Gasteiger partial charge in [0.05, 0.1) is 11.6 Å². The molecule has 0 fully saturated rings. The Morgan fingerprint density at radius 3 is 2.65 bits per heavy atom. The lowest BCUT2D eigenvalue weighted by Gasteiger charge is -2.39. The summed E-state index contributed by atoms with van der Waals surface area (Å²) in [5.74, 6) is -0.256. The van der Waals surface area contributed by atoms with Crippen LogP contribution in [0.4, 0.5) is 0 Å². The molecule has 1 aromatic rings. The van der Waals surface area contributed by atoms with Gasteiger partial charge in [0.25, 0.3) is 0 Å². The van der Waals surface area contributed by atoms with E-state index in [1.807, 2.05) is 25.1 Å². The van der Waals surface area contributed by atoms with Crippen LogP contribution in [0.2, 0.25) is 0 Å². The smallest absolute Gasteiger partial charge is 0.162 e. The molecule has 1 aliphatic carbocycles. The Balaban J connectivity index is 2.20. The Hall–Kier alpha value is -2.23. The summed E-state index contributed by atoms with van der Waals surface area (Å²) in [6.45, 7) is 7.67. The summed E-state index contributed by atoms with van der Waals surface area (Å²) in [5.41, 5.74) is 3.85. The first-order valence-corrected chi connectivity index (χ1v) is 7.96. The molecule has 0 saturated carbocycles. The van der Waals surface area contributed by atoms with Crippen LogP contribution in [0.25, 0.3) is 0 Å². The zero-order valence-electron chi connectivity index (χ0n) is 14.1. The fourth-order valence-corrected chi connectivity index (χ4v) is 3.75. The molecule has 4 heteroatoms. The Bertz CT molecular complexity index is 742. The van der Waals surface area contributed by atoms with Gasteiger partial charge in [-0.1, -0.05) is 19.9 Å². The lowest BCUT2D eigenvalue weighted by atomic mass is 9.69. The first kappa shape index (κ1) is 15.7. The quantitative estimate of drug-likeness (QED) is 0.911. The van der Waals surface area contributed by atoms with Crippen LogP contribution in [0.3, 0.4) is 0 Å². The van der Waals surface area contributed by atoms with Crippen LogP contribution in [0.15, 0.2) is 46.9 Å². The van der Waals surface area contributed by atoms with E-state index in [0.717, 1.165) is 29.1 Å². The maximum Gasteiger partial charge on any atom is 0.162 e. The number of ketones is 2. The van der Waals surface area contributed by atoms with Crippen molar-refractivity contribution in [2.75, 3.05) is 0 Å². The predicted molar refractivity (Wildman–Crippen MR) is 88.5 cm³/mol. The molecule has 2 aliphatic rings. The first-order chi connectivity index (χ1) is 10.8. The molecule has 0 spiro atoms. The van der Waals surface area contributed by atoms with Gasteiger partial charge in [0, 0.05) is 35.2 Å². The zero-order chi connectivity index (χ0) is 16.8. The van der Waals surface area contributed by atoms with E-state index >= 15 is 0 Å². The number of carbonyl (C=O) groups is 2. The molecule has 3 rings (SSSR count). The van der Waals surface area contributed by atoms with E-state index in [2.05, 4.69) is 24.1 Å². The molecule has 120 valence electrons. The molecule has 1 aromatic heterocycles. The van der Waals surface area contributed by atoms with Crippen molar-refractivity contribution >= 4 is 11.6 Å². The number of pyridine rings is 1. The van der Waals surface area contributed by atoms with Crippen molar-refractivity contribution in [1.82, 2.24) is 10.3 Å². The number of nitrogens with zero attached hydrogens (tertiary/aromatic N) is 1. The zero-order valence-corrected chi connectivity index (χ0v) is 14.1. The van der Waals surface area contributed by atoms with Gasteiger partial charge in [-0.2, -0.15) is 0 Å². The van der Waals surface area contributed by atoms with Gasteiger partial charge >= 0.3 is 0 Å². The largest absolute Gasteiger partial charge is 0.362 e. The van der Waals surface area contributed by atoms with Crippen molar-refractivity contribution in [2.24, 2.45) is 5.41 Å². The number of Topliss-reactive ketones (excluding diaryl/α,β-unsaturated/α-hetero) is 2. The highest BCUT2D eigenvalue weighted by atomic mass is 16.1. The molecule has 0 amide bonds. The molecule has 0 saturated heterocycles. The van der Waals surface area contributed by atoms with Crippen LogP contribution >= 0.6 is 0 Å². The second-order valence-electron chi connectivity index (χ2n) is 7.24. The van der Waals surface area contributed by atoms with E-state index in [4.69, 9.17) is 0 Å². The van der Waals surface area contributed by atoms with Gasteiger partial charge in [-0.15, -0.1) is 0 Å². The number of nitrogens with one attached hydrogen (secondary N) is 1. The molecule has 1 N–H and O–H groups in total. The van der Waals surface area contributed by atoms with Crippen LogP contribution in [0, 0.1) is 5.41 Å². The molecule has 0 bridgehead atoms. The van der Waals surface area contributed by atoms with Gasteiger partial charge in [-0.25, -0.2) is 0 Å². The van der Waals surface area contributed by atoms with Gasteiger partial charge in [-0.05, 0) is 37.8 Å².